The van der Waals surface area contributed by atoms with Crippen LogP contribution >= 0.6 is 23.2 Å². The summed E-state index contributed by atoms with van der Waals surface area (Å²) in [5.74, 6) is -0.133. The number of nitrogens with zero attached hydrogens (tertiary/aromatic N) is 1. The summed E-state index contributed by atoms with van der Waals surface area (Å²) >= 11 is 12.3. The molecule has 6 heteroatoms. The second-order valence-electron chi connectivity index (χ2n) is 7.16. The van der Waals surface area contributed by atoms with Gasteiger partial charge in [-0.1, -0.05) is 41.4 Å². The van der Waals surface area contributed by atoms with Crippen LogP contribution in [0.15, 0.2) is 73.1 Å². The molecule has 0 saturated heterocycles. The Bertz CT molecular complexity index is 1140. The molecule has 152 valence electrons. The van der Waals surface area contributed by atoms with Crippen LogP contribution in [0.3, 0.4) is 0 Å². The summed E-state index contributed by atoms with van der Waals surface area (Å²) in [5.41, 5.74) is 4.01. The Hall–Kier alpha value is -2.82. The van der Waals surface area contributed by atoms with E-state index in [9.17, 15) is 4.79 Å². The quantitative estimate of drug-likeness (QED) is 0.386. The van der Waals surface area contributed by atoms with E-state index in [0.717, 1.165) is 27.7 Å². The third-order valence-corrected chi connectivity index (χ3v) is 5.63. The zero-order valence-electron chi connectivity index (χ0n) is 16.2. The minimum atomic E-state index is -0.121. The van der Waals surface area contributed by atoms with Crippen LogP contribution in [-0.4, -0.2) is 22.4 Å². The summed E-state index contributed by atoms with van der Waals surface area (Å²) < 4.78 is 0. The third kappa shape index (κ3) is 4.84. The van der Waals surface area contributed by atoms with Crippen molar-refractivity contribution >= 4 is 40.0 Å². The van der Waals surface area contributed by atoms with E-state index in [-0.39, 0.29) is 11.8 Å². The van der Waals surface area contributed by atoms with Crippen LogP contribution in [0.1, 0.15) is 29.2 Å². The van der Waals surface area contributed by atoms with Crippen LogP contribution in [0.2, 0.25) is 10.0 Å². The second kappa shape index (κ2) is 9.33. The lowest BCUT2D eigenvalue weighted by Gasteiger charge is -2.17. The van der Waals surface area contributed by atoms with Gasteiger partial charge in [-0.05, 0) is 53.6 Å². The van der Waals surface area contributed by atoms with Crippen LogP contribution in [0.5, 0.6) is 0 Å². The summed E-state index contributed by atoms with van der Waals surface area (Å²) in [7, 11) is 0. The Morgan fingerprint density at radius 3 is 2.60 bits per heavy atom. The average Bonchev–Trinajstić information content (AvgIpc) is 3.16. The van der Waals surface area contributed by atoms with Crippen molar-refractivity contribution in [3.05, 3.63) is 99.9 Å². The van der Waals surface area contributed by atoms with Crippen molar-refractivity contribution < 1.29 is 4.79 Å². The van der Waals surface area contributed by atoms with E-state index in [4.69, 9.17) is 23.2 Å². The molecule has 0 fully saturated rings. The summed E-state index contributed by atoms with van der Waals surface area (Å²) in [6.07, 6.45) is 4.74. The number of amides is 1. The maximum Gasteiger partial charge on any atom is 0.220 e. The van der Waals surface area contributed by atoms with Gasteiger partial charge in [-0.2, -0.15) is 0 Å². The highest BCUT2D eigenvalue weighted by molar-refractivity contribution is 6.31. The Labute approximate surface area is 185 Å². The zero-order valence-corrected chi connectivity index (χ0v) is 17.8. The van der Waals surface area contributed by atoms with E-state index in [1.54, 1.807) is 6.20 Å². The second-order valence-corrected chi connectivity index (χ2v) is 8.04. The number of hydrogen-bond donors (Lipinski definition) is 2. The van der Waals surface area contributed by atoms with Gasteiger partial charge in [0, 0.05) is 64.3 Å². The van der Waals surface area contributed by atoms with Gasteiger partial charge >= 0.3 is 0 Å². The molecule has 0 spiro atoms. The summed E-state index contributed by atoms with van der Waals surface area (Å²) in [5, 5.41) is 5.37. The molecule has 2 N–H and O–H groups in total. The molecule has 0 aliphatic carbocycles. The van der Waals surface area contributed by atoms with Crippen molar-refractivity contribution in [3.8, 4) is 0 Å². The van der Waals surface area contributed by atoms with Crippen LogP contribution in [-0.2, 0) is 11.2 Å². The molecule has 4 nitrogen and oxygen atoms in total. The average molecular weight is 438 g/mol. The van der Waals surface area contributed by atoms with Gasteiger partial charge in [0.25, 0.3) is 0 Å². The molecule has 1 atom stereocenters. The molecular weight excluding hydrogens is 417 g/mol. The van der Waals surface area contributed by atoms with Crippen LogP contribution in [0.25, 0.3) is 10.9 Å². The highest BCUT2D eigenvalue weighted by Crippen LogP contribution is 2.35. The predicted molar refractivity (Wildman–Crippen MR) is 122 cm³/mol. The maximum absolute atomic E-state index is 12.8. The van der Waals surface area contributed by atoms with Crippen LogP contribution in [0.4, 0.5) is 0 Å². The van der Waals surface area contributed by atoms with E-state index < -0.39 is 0 Å². The fourth-order valence-electron chi connectivity index (χ4n) is 3.64. The number of fused-ring (bicyclic) bond motifs is 1. The minimum absolute atomic E-state index is 0.0118. The number of hydrogen-bond acceptors (Lipinski definition) is 2. The Kier molecular flexibility index (Phi) is 6.36. The van der Waals surface area contributed by atoms with Crippen molar-refractivity contribution in [2.24, 2.45) is 0 Å². The fraction of sp³-hybridized carbons (Fsp3) is 0.167. The van der Waals surface area contributed by atoms with E-state index in [1.807, 2.05) is 66.9 Å². The first-order valence-electron chi connectivity index (χ1n) is 9.79. The molecule has 0 unspecified atom stereocenters. The SMILES string of the molecule is O=C(C[C@@H](c1ccc(Cl)cc1)c1c[nH]c2ccc(Cl)cc12)NCCc1ccccn1. The molecule has 1 amide bonds. The Balaban J connectivity index is 1.55. The molecule has 0 saturated carbocycles. The number of pyridine rings is 1. The molecule has 2 aromatic carbocycles. The van der Waals surface area contributed by atoms with Crippen molar-refractivity contribution in [1.82, 2.24) is 15.3 Å². The largest absolute Gasteiger partial charge is 0.361 e. The molecule has 30 heavy (non-hydrogen) atoms. The number of carbonyl (C=O) groups is 1. The molecule has 0 radical (unpaired) electrons. The maximum atomic E-state index is 12.8. The monoisotopic (exact) mass is 437 g/mol. The predicted octanol–water partition coefficient (Wildman–Crippen LogP) is 5.75. The highest BCUT2D eigenvalue weighted by atomic mass is 35.5. The number of H-pyrrole nitrogens is 1. The number of aromatic amines is 1. The first-order valence-corrected chi connectivity index (χ1v) is 10.5. The van der Waals surface area contributed by atoms with Gasteiger partial charge < -0.3 is 10.3 Å². The molecule has 4 rings (SSSR count). The Morgan fingerprint density at radius 1 is 1.03 bits per heavy atom. The van der Waals surface area contributed by atoms with Gasteiger partial charge in [0.15, 0.2) is 0 Å². The number of halogens is 2. The molecule has 0 bridgehead atoms. The normalized spacial score (nSPS) is 12.1. The molecule has 4 aromatic rings. The van der Waals surface area contributed by atoms with Crippen molar-refractivity contribution in [3.63, 3.8) is 0 Å². The van der Waals surface area contributed by atoms with Gasteiger partial charge in [-0.25, -0.2) is 0 Å². The molecule has 2 aromatic heterocycles. The Morgan fingerprint density at radius 2 is 1.83 bits per heavy atom. The van der Waals surface area contributed by atoms with Gasteiger partial charge in [0.1, 0.15) is 0 Å². The van der Waals surface area contributed by atoms with E-state index in [0.29, 0.717) is 29.4 Å². The summed E-state index contributed by atoms with van der Waals surface area (Å²) in [6, 6.07) is 19.2. The van der Waals surface area contributed by atoms with Crippen molar-refractivity contribution in [2.45, 2.75) is 18.8 Å². The minimum Gasteiger partial charge on any atom is -0.361 e. The zero-order chi connectivity index (χ0) is 20.9. The molecular formula is C24H21Cl2N3O. The van der Waals surface area contributed by atoms with E-state index in [1.165, 1.54) is 0 Å². The lowest BCUT2D eigenvalue weighted by Crippen LogP contribution is -2.27. The van der Waals surface area contributed by atoms with Crippen LogP contribution in [0, 0.1) is 0 Å². The van der Waals surface area contributed by atoms with Crippen molar-refractivity contribution in [2.75, 3.05) is 6.54 Å². The lowest BCUT2D eigenvalue weighted by atomic mass is 9.88. The van der Waals surface area contributed by atoms with E-state index >= 15 is 0 Å². The third-order valence-electron chi connectivity index (χ3n) is 5.14. The summed E-state index contributed by atoms with van der Waals surface area (Å²) in [4.78, 5) is 20.4. The number of carbonyl (C=O) groups excluding carboxylic acids is 1. The van der Waals surface area contributed by atoms with Crippen LogP contribution < -0.4 is 5.32 Å². The van der Waals surface area contributed by atoms with Gasteiger partial charge in [0.2, 0.25) is 5.91 Å². The first kappa shape index (κ1) is 20.5. The first-order chi connectivity index (χ1) is 14.6. The lowest BCUT2D eigenvalue weighted by molar-refractivity contribution is -0.121. The number of benzene rings is 2. The molecule has 2 heterocycles. The number of rotatable bonds is 7. The smallest absolute Gasteiger partial charge is 0.220 e. The molecule has 0 aliphatic heterocycles. The summed E-state index contributed by atoms with van der Waals surface area (Å²) in [6.45, 7) is 0.545. The standard InChI is InChI=1S/C24H21Cl2N3O/c25-17-6-4-16(5-7-17)20(22-15-29-23-9-8-18(26)13-21(22)23)14-24(30)28-12-10-19-3-1-2-11-27-19/h1-9,11,13,15,20,29H,10,12,14H2,(H,28,30)/t20-/m0/s1. The van der Waals surface area contributed by atoms with Gasteiger partial charge in [0.05, 0.1) is 0 Å². The fourth-order valence-corrected chi connectivity index (χ4v) is 3.94. The van der Waals surface area contributed by atoms with Gasteiger partial charge in [-0.15, -0.1) is 0 Å². The number of aromatic nitrogens is 2. The highest BCUT2D eigenvalue weighted by Gasteiger charge is 2.21. The molecule has 0 aliphatic rings. The topological polar surface area (TPSA) is 57.8 Å². The van der Waals surface area contributed by atoms with Gasteiger partial charge in [-0.3, -0.25) is 9.78 Å². The van der Waals surface area contributed by atoms with E-state index in [2.05, 4.69) is 15.3 Å². The number of nitrogens with one attached hydrogen (secondary N) is 2. The van der Waals surface area contributed by atoms with Crippen molar-refractivity contribution in [1.29, 1.82) is 0 Å².